The molecule has 0 heterocycles. The molecular formula is C28H31F4I2OS+. The summed E-state index contributed by atoms with van der Waals surface area (Å²) in [5, 5.41) is 6.45. The number of alkyl halides is 7. The van der Waals surface area contributed by atoms with Crippen LogP contribution in [0.4, 0.5) is 17.6 Å². The Balaban J connectivity index is 1.87. The van der Waals surface area contributed by atoms with Crippen LogP contribution < -0.4 is 21.2 Å². The topological polar surface area (TPSA) is 20.2 Å². The molecule has 8 heteroatoms. The Morgan fingerprint density at radius 3 is 1.92 bits per heavy atom. The van der Waals surface area contributed by atoms with Crippen LogP contribution in [-0.4, -0.2) is 23.6 Å². The molecule has 3 rings (SSSR count). The summed E-state index contributed by atoms with van der Waals surface area (Å²) in [5.74, 6) is 0. The molecule has 0 aliphatic heterocycles. The summed E-state index contributed by atoms with van der Waals surface area (Å²) in [5.41, 5.74) is 0.127. The van der Waals surface area contributed by atoms with Gasteiger partial charge in [-0.2, -0.15) is 0 Å². The number of rotatable bonds is 10. The van der Waals surface area contributed by atoms with E-state index < -0.39 is 61.2 Å². The maximum atomic E-state index is 15.1. The molecule has 0 radical (unpaired) electrons. The van der Waals surface area contributed by atoms with Gasteiger partial charge >= 0.3 is 235 Å². The Labute approximate surface area is 233 Å². The van der Waals surface area contributed by atoms with Gasteiger partial charge in [0.1, 0.15) is 0 Å². The molecule has 0 aromatic heterocycles. The van der Waals surface area contributed by atoms with Crippen molar-refractivity contribution in [1.82, 2.24) is 0 Å². The van der Waals surface area contributed by atoms with Crippen molar-refractivity contribution in [2.75, 3.05) is 9.36 Å². The van der Waals surface area contributed by atoms with E-state index in [4.69, 9.17) is 0 Å². The van der Waals surface area contributed by atoms with E-state index in [1.54, 1.807) is 56.3 Å². The van der Waals surface area contributed by atoms with E-state index in [-0.39, 0.29) is 16.7 Å². The molecule has 0 spiro atoms. The Morgan fingerprint density at radius 1 is 0.778 bits per heavy atom. The van der Waals surface area contributed by atoms with Gasteiger partial charge in [-0.1, -0.05) is 0 Å². The van der Waals surface area contributed by atoms with Gasteiger partial charge in [-0.15, -0.1) is 0 Å². The molecule has 0 aliphatic rings. The minimum atomic E-state index is -4.21. The first kappa shape index (κ1) is 29.7. The number of halogens is 6. The van der Waals surface area contributed by atoms with Crippen LogP contribution in [0.1, 0.15) is 38.8 Å². The molecule has 0 saturated heterocycles. The number of thioether (sulfide) groups is 1. The fourth-order valence-corrected chi connectivity index (χ4v) is 14.1. The van der Waals surface area contributed by atoms with E-state index in [9.17, 15) is 13.9 Å². The molecule has 1 N–H and O–H groups in total. The number of benzene rings is 3. The van der Waals surface area contributed by atoms with Crippen LogP contribution in [0.25, 0.3) is 0 Å². The second-order valence-corrected chi connectivity index (χ2v) is 19.2. The fraction of sp³-hybridized carbons (Fsp3) is 0.357. The summed E-state index contributed by atoms with van der Waals surface area (Å²) in [4.78, 5) is 2.32. The molecule has 3 aromatic carbocycles. The zero-order chi connectivity index (χ0) is 26.8. The Bertz CT molecular complexity index is 1160. The van der Waals surface area contributed by atoms with Crippen LogP contribution in [0.3, 0.4) is 0 Å². The van der Waals surface area contributed by atoms with Gasteiger partial charge in [-0.3, -0.25) is 0 Å². The SMILES string of the molecule is CI(CC(C)(C)c1ccccc1[I+]C(F)(F)C(F)(F)Sc1ccccc1)c1ccccc1C(C)(C)O. The predicted molar refractivity (Wildman–Crippen MR) is 146 cm³/mol. The molecule has 1 nitrogen and oxygen atoms in total. The first-order valence-electron chi connectivity index (χ1n) is 11.3. The third kappa shape index (κ3) is 7.17. The molecule has 196 valence electrons. The van der Waals surface area contributed by atoms with Gasteiger partial charge in [0, 0.05) is 0 Å². The summed E-state index contributed by atoms with van der Waals surface area (Å²) >= 11 is -4.25. The third-order valence-electron chi connectivity index (χ3n) is 5.56. The molecule has 0 bridgehead atoms. The van der Waals surface area contributed by atoms with Gasteiger partial charge in [0.15, 0.2) is 0 Å². The van der Waals surface area contributed by atoms with Gasteiger partial charge in [-0.05, 0) is 0 Å². The fourth-order valence-electron chi connectivity index (χ4n) is 3.85. The van der Waals surface area contributed by atoms with Crippen LogP contribution in [0, 0.1) is 7.14 Å². The molecule has 0 aliphatic carbocycles. The molecule has 0 fully saturated rings. The molecule has 0 saturated carbocycles. The maximum absolute atomic E-state index is 15.1. The van der Waals surface area contributed by atoms with E-state index in [1.165, 1.54) is 12.1 Å². The summed E-state index contributed by atoms with van der Waals surface area (Å²) < 4.78 is 58.0. The van der Waals surface area contributed by atoms with Gasteiger partial charge < -0.3 is 0 Å². The quantitative estimate of drug-likeness (QED) is 0.129. The number of hydrogen-bond acceptors (Lipinski definition) is 2. The third-order valence-corrected chi connectivity index (χ3v) is 15.8. The molecule has 0 amide bonds. The second kappa shape index (κ2) is 11.5. The zero-order valence-corrected chi connectivity index (χ0v) is 26.0. The van der Waals surface area contributed by atoms with Crippen LogP contribution >= 0.6 is 31.6 Å². The molecule has 3 aromatic rings. The van der Waals surface area contributed by atoms with Crippen LogP contribution in [0.15, 0.2) is 83.8 Å². The van der Waals surface area contributed by atoms with Crippen molar-refractivity contribution in [3.8, 4) is 0 Å². The average Bonchev–Trinajstić information content (AvgIpc) is 2.78. The van der Waals surface area contributed by atoms with Crippen molar-refractivity contribution in [3.63, 3.8) is 0 Å². The van der Waals surface area contributed by atoms with Crippen LogP contribution in [0.5, 0.6) is 0 Å². The Morgan fingerprint density at radius 2 is 1.31 bits per heavy atom. The van der Waals surface area contributed by atoms with Crippen molar-refractivity contribution < 1.29 is 43.9 Å². The molecule has 0 atom stereocenters. The summed E-state index contributed by atoms with van der Waals surface area (Å²) in [6.45, 7) is 7.53. The standard InChI is InChI=1S/C28H31F4I2OS/c1-25(2,19-34(5)24-18-12-10-16-22(24)26(3,4)35)21-15-9-11-17-23(21)33-27(29,30)28(31,32)36-20-13-7-6-8-14-20/h6-18,35H,19H2,1-5H3/q+1. The average molecular weight is 745 g/mol. The van der Waals surface area contributed by atoms with Crippen LogP contribution in [-0.2, 0) is 11.0 Å². The Hall–Kier alpha value is -0.850. The van der Waals surface area contributed by atoms with Crippen molar-refractivity contribution >= 4 is 31.6 Å². The number of hydrogen-bond donors (Lipinski definition) is 1. The Kier molecular flexibility index (Phi) is 9.48. The first-order chi connectivity index (χ1) is 16.6. The normalized spacial score (nSPS) is 13.6. The van der Waals surface area contributed by atoms with Gasteiger partial charge in [-0.25, -0.2) is 0 Å². The summed E-state index contributed by atoms with van der Waals surface area (Å²) in [6, 6.07) is 22.3. The molecule has 0 unspecified atom stereocenters. The summed E-state index contributed by atoms with van der Waals surface area (Å²) in [6.07, 6.45) is 0. The van der Waals surface area contributed by atoms with Gasteiger partial charge in [0.2, 0.25) is 0 Å². The van der Waals surface area contributed by atoms with E-state index in [2.05, 4.69) is 4.93 Å². The minimum absolute atomic E-state index is 0.0746. The van der Waals surface area contributed by atoms with Crippen molar-refractivity contribution in [2.45, 2.75) is 52.8 Å². The van der Waals surface area contributed by atoms with Crippen molar-refractivity contribution in [3.05, 3.63) is 97.1 Å². The van der Waals surface area contributed by atoms with Crippen molar-refractivity contribution in [1.29, 1.82) is 0 Å². The monoisotopic (exact) mass is 745 g/mol. The van der Waals surface area contributed by atoms with Crippen LogP contribution in [0.2, 0.25) is 0 Å². The zero-order valence-electron chi connectivity index (χ0n) is 20.8. The summed E-state index contributed by atoms with van der Waals surface area (Å²) in [7, 11) is 0. The number of aliphatic hydroxyl groups is 1. The van der Waals surface area contributed by atoms with E-state index >= 15 is 8.78 Å². The van der Waals surface area contributed by atoms with Crippen molar-refractivity contribution in [2.24, 2.45) is 0 Å². The first-order valence-corrected chi connectivity index (χ1v) is 19.0. The predicted octanol–water partition coefficient (Wildman–Crippen LogP) is 5.43. The molecule has 36 heavy (non-hydrogen) atoms. The van der Waals surface area contributed by atoms with Gasteiger partial charge in [0.25, 0.3) is 0 Å². The van der Waals surface area contributed by atoms with E-state index in [1.807, 2.05) is 38.1 Å². The van der Waals surface area contributed by atoms with E-state index in [0.717, 1.165) is 13.6 Å². The van der Waals surface area contributed by atoms with E-state index in [0.29, 0.717) is 9.13 Å². The van der Waals surface area contributed by atoms with Gasteiger partial charge in [0.05, 0.1) is 0 Å². The molecular weight excluding hydrogens is 714 g/mol. The second-order valence-electron chi connectivity index (χ2n) is 9.65.